The molecule has 2 bridgehead atoms. The molecule has 0 amide bonds. The Morgan fingerprint density at radius 3 is 2.73 bits per heavy atom. The highest BCUT2D eigenvalue weighted by molar-refractivity contribution is 5.87. The number of carbonyl (C=O) groups excluding carboxylic acids is 1. The van der Waals surface area contributed by atoms with Gasteiger partial charge in [0.25, 0.3) is 0 Å². The SMILES string of the molecule is O=C1C2CCCC3C(CC2)C13. The maximum atomic E-state index is 11.6. The summed E-state index contributed by atoms with van der Waals surface area (Å²) < 4.78 is 0. The summed E-state index contributed by atoms with van der Waals surface area (Å²) in [5.74, 6) is 3.37. The van der Waals surface area contributed by atoms with Crippen molar-refractivity contribution in [3.05, 3.63) is 0 Å². The number of rotatable bonds is 0. The molecule has 4 atom stereocenters. The van der Waals surface area contributed by atoms with Crippen LogP contribution in [0.4, 0.5) is 0 Å². The van der Waals surface area contributed by atoms with Gasteiger partial charge in [-0.25, -0.2) is 0 Å². The van der Waals surface area contributed by atoms with Gasteiger partial charge in [0, 0.05) is 11.8 Å². The molecule has 0 saturated heterocycles. The molecule has 3 aliphatic rings. The second-order valence-corrected chi connectivity index (χ2v) is 4.46. The van der Waals surface area contributed by atoms with Crippen LogP contribution in [-0.4, -0.2) is 5.78 Å². The van der Waals surface area contributed by atoms with Crippen molar-refractivity contribution in [2.75, 3.05) is 0 Å². The zero-order valence-electron chi connectivity index (χ0n) is 6.75. The van der Waals surface area contributed by atoms with Crippen molar-refractivity contribution in [2.24, 2.45) is 23.7 Å². The summed E-state index contributed by atoms with van der Waals surface area (Å²) in [5, 5.41) is 0. The summed E-state index contributed by atoms with van der Waals surface area (Å²) in [4.78, 5) is 11.6. The molecular formula is C10H14O. The molecule has 0 aromatic heterocycles. The van der Waals surface area contributed by atoms with Crippen molar-refractivity contribution >= 4 is 5.78 Å². The van der Waals surface area contributed by atoms with E-state index in [1.165, 1.54) is 32.1 Å². The zero-order valence-corrected chi connectivity index (χ0v) is 6.75. The van der Waals surface area contributed by atoms with Crippen LogP contribution in [0, 0.1) is 23.7 Å². The molecule has 60 valence electrons. The highest BCUT2D eigenvalue weighted by Gasteiger charge is 2.58. The topological polar surface area (TPSA) is 17.1 Å². The van der Waals surface area contributed by atoms with E-state index in [-0.39, 0.29) is 0 Å². The van der Waals surface area contributed by atoms with Crippen LogP contribution in [0.1, 0.15) is 32.1 Å². The highest BCUT2D eigenvalue weighted by Crippen LogP contribution is 2.59. The molecule has 0 radical (unpaired) electrons. The van der Waals surface area contributed by atoms with Gasteiger partial charge >= 0.3 is 0 Å². The van der Waals surface area contributed by atoms with E-state index >= 15 is 0 Å². The maximum absolute atomic E-state index is 11.6. The number of hydrogen-bond donors (Lipinski definition) is 0. The normalized spacial score (nSPS) is 53.6. The Labute approximate surface area is 67.2 Å². The van der Waals surface area contributed by atoms with Gasteiger partial charge < -0.3 is 0 Å². The summed E-state index contributed by atoms with van der Waals surface area (Å²) in [6, 6.07) is 0. The van der Waals surface area contributed by atoms with Crippen LogP contribution < -0.4 is 0 Å². The van der Waals surface area contributed by atoms with E-state index in [9.17, 15) is 4.79 Å². The summed E-state index contributed by atoms with van der Waals surface area (Å²) in [5.41, 5.74) is 0. The van der Waals surface area contributed by atoms with Crippen LogP contribution in [-0.2, 0) is 4.79 Å². The lowest BCUT2D eigenvalue weighted by Crippen LogP contribution is -2.20. The maximum Gasteiger partial charge on any atom is 0.139 e. The Kier molecular flexibility index (Phi) is 1.06. The Hall–Kier alpha value is -0.330. The Morgan fingerprint density at radius 2 is 1.82 bits per heavy atom. The van der Waals surface area contributed by atoms with Gasteiger partial charge in [-0.15, -0.1) is 0 Å². The van der Waals surface area contributed by atoms with E-state index in [4.69, 9.17) is 0 Å². The molecule has 1 nitrogen and oxygen atoms in total. The van der Waals surface area contributed by atoms with E-state index < -0.39 is 0 Å². The van der Waals surface area contributed by atoms with E-state index in [0.717, 1.165) is 11.8 Å². The third kappa shape index (κ3) is 0.692. The number of carbonyl (C=O) groups is 1. The lowest BCUT2D eigenvalue weighted by Gasteiger charge is -2.19. The first-order chi connectivity index (χ1) is 5.38. The minimum absolute atomic E-state index is 0.490. The number of fused-ring (bicyclic) bond motifs is 2. The fourth-order valence-corrected chi connectivity index (χ4v) is 3.35. The fourth-order valence-electron chi connectivity index (χ4n) is 3.35. The molecule has 3 rings (SSSR count). The molecule has 0 spiro atoms. The Bertz CT molecular complexity index is 203. The third-order valence-electron chi connectivity index (χ3n) is 4.00. The van der Waals surface area contributed by atoms with Gasteiger partial charge in [-0.05, 0) is 37.5 Å². The predicted octanol–water partition coefficient (Wildman–Crippen LogP) is 2.01. The molecule has 3 aliphatic carbocycles. The van der Waals surface area contributed by atoms with Crippen LogP contribution >= 0.6 is 0 Å². The van der Waals surface area contributed by atoms with Gasteiger partial charge in [-0.3, -0.25) is 4.79 Å². The first kappa shape index (κ1) is 6.22. The molecule has 3 saturated carbocycles. The molecule has 11 heavy (non-hydrogen) atoms. The average Bonchev–Trinajstić information content (AvgIpc) is 2.62. The van der Waals surface area contributed by atoms with Crippen LogP contribution in [0.25, 0.3) is 0 Å². The largest absolute Gasteiger partial charge is 0.299 e. The van der Waals surface area contributed by atoms with Gasteiger partial charge in [-0.2, -0.15) is 0 Å². The van der Waals surface area contributed by atoms with Crippen LogP contribution in [0.15, 0.2) is 0 Å². The molecule has 0 aromatic carbocycles. The Morgan fingerprint density at radius 1 is 1.00 bits per heavy atom. The van der Waals surface area contributed by atoms with E-state index in [1.54, 1.807) is 0 Å². The first-order valence-corrected chi connectivity index (χ1v) is 4.91. The average molecular weight is 150 g/mol. The van der Waals surface area contributed by atoms with Gasteiger partial charge in [0.15, 0.2) is 0 Å². The molecule has 0 aromatic rings. The second-order valence-electron chi connectivity index (χ2n) is 4.46. The monoisotopic (exact) mass is 150 g/mol. The second kappa shape index (κ2) is 1.88. The van der Waals surface area contributed by atoms with Gasteiger partial charge in [0.05, 0.1) is 0 Å². The molecule has 1 heteroatoms. The third-order valence-corrected chi connectivity index (χ3v) is 4.00. The van der Waals surface area contributed by atoms with Gasteiger partial charge in [-0.1, -0.05) is 6.42 Å². The molecular weight excluding hydrogens is 136 g/mol. The van der Waals surface area contributed by atoms with Crippen LogP contribution in [0.2, 0.25) is 0 Å². The Balaban J connectivity index is 1.95. The zero-order chi connectivity index (χ0) is 7.42. The number of Topliss-reactive ketones (excluding diaryl/α,β-unsaturated/α-hetero) is 1. The predicted molar refractivity (Wildman–Crippen MR) is 42.1 cm³/mol. The lowest BCUT2D eigenvalue weighted by molar-refractivity contribution is -0.125. The summed E-state index contributed by atoms with van der Waals surface area (Å²) in [6.45, 7) is 0. The first-order valence-electron chi connectivity index (χ1n) is 4.91. The minimum atomic E-state index is 0.490. The smallest absolute Gasteiger partial charge is 0.139 e. The summed E-state index contributed by atoms with van der Waals surface area (Å²) in [6.07, 6.45) is 6.48. The quantitative estimate of drug-likeness (QED) is 0.516. The van der Waals surface area contributed by atoms with Crippen LogP contribution in [0.3, 0.4) is 0 Å². The van der Waals surface area contributed by atoms with Crippen molar-refractivity contribution < 1.29 is 4.79 Å². The van der Waals surface area contributed by atoms with Crippen molar-refractivity contribution in [3.8, 4) is 0 Å². The lowest BCUT2D eigenvalue weighted by atomic mass is 9.85. The molecule has 0 heterocycles. The van der Waals surface area contributed by atoms with Gasteiger partial charge in [0.1, 0.15) is 5.78 Å². The molecule has 4 unspecified atom stereocenters. The van der Waals surface area contributed by atoms with E-state index in [2.05, 4.69) is 0 Å². The number of hydrogen-bond acceptors (Lipinski definition) is 1. The number of ketones is 1. The summed E-state index contributed by atoms with van der Waals surface area (Å²) in [7, 11) is 0. The van der Waals surface area contributed by atoms with Crippen molar-refractivity contribution in [2.45, 2.75) is 32.1 Å². The van der Waals surface area contributed by atoms with Gasteiger partial charge in [0.2, 0.25) is 0 Å². The molecule has 0 N–H and O–H groups in total. The van der Waals surface area contributed by atoms with Crippen molar-refractivity contribution in [3.63, 3.8) is 0 Å². The van der Waals surface area contributed by atoms with E-state index in [0.29, 0.717) is 17.6 Å². The molecule has 0 aliphatic heterocycles. The standard InChI is InChI=1S/C10H14O/c11-10-6-2-1-3-7-8(5-4-6)9(7)10/h6-9H,1-5H2. The highest BCUT2D eigenvalue weighted by atomic mass is 16.1. The van der Waals surface area contributed by atoms with Crippen molar-refractivity contribution in [1.29, 1.82) is 0 Å². The van der Waals surface area contributed by atoms with E-state index in [1.807, 2.05) is 0 Å². The van der Waals surface area contributed by atoms with Crippen molar-refractivity contribution in [1.82, 2.24) is 0 Å². The molecule has 3 fully saturated rings. The minimum Gasteiger partial charge on any atom is -0.299 e. The van der Waals surface area contributed by atoms with Crippen LogP contribution in [0.5, 0.6) is 0 Å². The fraction of sp³-hybridized carbons (Fsp3) is 0.900. The summed E-state index contributed by atoms with van der Waals surface area (Å²) >= 11 is 0.